The van der Waals surface area contributed by atoms with Crippen LogP contribution in [0.15, 0.2) is 60.7 Å². The minimum Gasteiger partial charge on any atom is -0.497 e. The molecule has 0 atom stereocenters. The molecule has 0 unspecified atom stereocenters. The number of rotatable bonds is 7. The van der Waals surface area contributed by atoms with Gasteiger partial charge in [-0.1, -0.05) is 24.3 Å². The van der Waals surface area contributed by atoms with Crippen molar-refractivity contribution < 1.29 is 14.3 Å². The van der Waals surface area contributed by atoms with E-state index in [1.54, 1.807) is 14.2 Å². The molecule has 0 bridgehead atoms. The number of hydrogen-bond donors (Lipinski definition) is 2. The van der Waals surface area contributed by atoms with Gasteiger partial charge in [-0.15, -0.1) is 11.3 Å². The van der Waals surface area contributed by atoms with Crippen molar-refractivity contribution in [2.45, 2.75) is 6.42 Å². The summed E-state index contributed by atoms with van der Waals surface area (Å²) in [4.78, 5) is 18.7. The number of carbonyl (C=O) groups excluding carboxylic acids is 1. The Morgan fingerprint density at radius 1 is 1.03 bits per heavy atom. The molecular formula is C24H23N3O3S. The topological polar surface area (TPSA) is 86.5 Å². The molecule has 31 heavy (non-hydrogen) atoms. The standard InChI is InChI=1S/C24H23N3O3S/c1-29-17-8-6-15(7-9-17)12-13-26-23(28)22-21(25)19-10-11-20(27-24(19)31-22)16-4-3-5-18(14-16)30-2/h3-11,14H,12-13,25H2,1-2H3,(H,26,28). The second-order valence-electron chi connectivity index (χ2n) is 6.98. The third-order valence-electron chi connectivity index (χ3n) is 5.02. The summed E-state index contributed by atoms with van der Waals surface area (Å²) < 4.78 is 10.5. The van der Waals surface area contributed by atoms with E-state index in [9.17, 15) is 4.79 Å². The van der Waals surface area contributed by atoms with Gasteiger partial charge in [-0.2, -0.15) is 0 Å². The lowest BCUT2D eigenvalue weighted by atomic mass is 10.1. The number of nitrogen functional groups attached to an aromatic ring is 1. The van der Waals surface area contributed by atoms with E-state index in [4.69, 9.17) is 20.2 Å². The maximum atomic E-state index is 12.7. The highest BCUT2D eigenvalue weighted by Crippen LogP contribution is 2.34. The molecule has 0 saturated carbocycles. The molecule has 4 aromatic rings. The first-order valence-corrected chi connectivity index (χ1v) is 10.7. The Labute approximate surface area is 184 Å². The van der Waals surface area contributed by atoms with Crippen LogP contribution in [0.25, 0.3) is 21.5 Å². The van der Waals surface area contributed by atoms with Gasteiger partial charge in [-0.05, 0) is 48.4 Å². The van der Waals surface area contributed by atoms with Crippen LogP contribution in [0.5, 0.6) is 11.5 Å². The van der Waals surface area contributed by atoms with Crippen molar-refractivity contribution in [2.75, 3.05) is 26.5 Å². The van der Waals surface area contributed by atoms with Crippen molar-refractivity contribution in [3.63, 3.8) is 0 Å². The number of hydrogen-bond acceptors (Lipinski definition) is 6. The normalized spacial score (nSPS) is 10.8. The fourth-order valence-corrected chi connectivity index (χ4v) is 4.31. The van der Waals surface area contributed by atoms with Crippen LogP contribution in [0.4, 0.5) is 5.69 Å². The van der Waals surface area contributed by atoms with Gasteiger partial charge in [0.2, 0.25) is 0 Å². The number of aromatic nitrogens is 1. The molecule has 0 aliphatic rings. The van der Waals surface area contributed by atoms with Crippen molar-refractivity contribution in [3.05, 3.63) is 71.1 Å². The molecule has 1 amide bonds. The van der Waals surface area contributed by atoms with E-state index >= 15 is 0 Å². The zero-order chi connectivity index (χ0) is 21.8. The van der Waals surface area contributed by atoms with E-state index < -0.39 is 0 Å². The quantitative estimate of drug-likeness (QED) is 0.447. The van der Waals surface area contributed by atoms with E-state index in [0.717, 1.165) is 45.0 Å². The predicted octanol–water partition coefficient (Wildman–Crippen LogP) is 4.54. The summed E-state index contributed by atoms with van der Waals surface area (Å²) in [5.41, 5.74) is 9.60. The van der Waals surface area contributed by atoms with Gasteiger partial charge in [0.1, 0.15) is 21.2 Å². The van der Waals surface area contributed by atoms with Crippen LogP contribution in [0.3, 0.4) is 0 Å². The summed E-state index contributed by atoms with van der Waals surface area (Å²) in [6.07, 6.45) is 0.721. The number of thiophene rings is 1. The number of fused-ring (bicyclic) bond motifs is 1. The lowest BCUT2D eigenvalue weighted by Gasteiger charge is -2.06. The molecule has 3 N–H and O–H groups in total. The van der Waals surface area contributed by atoms with E-state index in [1.165, 1.54) is 11.3 Å². The number of pyridine rings is 1. The second kappa shape index (κ2) is 9.06. The Morgan fingerprint density at radius 3 is 2.55 bits per heavy atom. The van der Waals surface area contributed by atoms with E-state index in [0.29, 0.717) is 17.1 Å². The number of ether oxygens (including phenoxy) is 2. The zero-order valence-electron chi connectivity index (χ0n) is 17.3. The van der Waals surface area contributed by atoms with Gasteiger partial charge in [0.05, 0.1) is 25.6 Å². The Balaban J connectivity index is 1.49. The molecule has 0 aliphatic carbocycles. The first-order chi connectivity index (χ1) is 15.1. The van der Waals surface area contributed by atoms with Crippen molar-refractivity contribution >= 4 is 33.1 Å². The first-order valence-electron chi connectivity index (χ1n) is 9.83. The van der Waals surface area contributed by atoms with Gasteiger partial charge in [0.25, 0.3) is 5.91 Å². The maximum Gasteiger partial charge on any atom is 0.263 e. The molecule has 0 spiro atoms. The number of methoxy groups -OCH3 is 2. The van der Waals surface area contributed by atoms with Crippen molar-refractivity contribution in [1.29, 1.82) is 0 Å². The Hall–Kier alpha value is -3.58. The summed E-state index contributed by atoms with van der Waals surface area (Å²) in [6.45, 7) is 0.515. The average molecular weight is 434 g/mol. The molecule has 6 nitrogen and oxygen atoms in total. The molecule has 0 fully saturated rings. The highest BCUT2D eigenvalue weighted by Gasteiger charge is 2.17. The number of nitrogens with two attached hydrogens (primary N) is 1. The summed E-state index contributed by atoms with van der Waals surface area (Å²) in [5.74, 6) is 1.39. The molecule has 2 aromatic carbocycles. The molecule has 0 saturated heterocycles. The molecule has 4 rings (SSSR count). The summed E-state index contributed by atoms with van der Waals surface area (Å²) in [6, 6.07) is 19.3. The highest BCUT2D eigenvalue weighted by molar-refractivity contribution is 7.21. The lowest BCUT2D eigenvalue weighted by Crippen LogP contribution is -2.25. The van der Waals surface area contributed by atoms with Crippen LogP contribution in [-0.2, 0) is 6.42 Å². The van der Waals surface area contributed by atoms with E-state index in [-0.39, 0.29) is 5.91 Å². The summed E-state index contributed by atoms with van der Waals surface area (Å²) >= 11 is 1.31. The zero-order valence-corrected chi connectivity index (χ0v) is 18.2. The van der Waals surface area contributed by atoms with Gasteiger partial charge < -0.3 is 20.5 Å². The van der Waals surface area contributed by atoms with Crippen LogP contribution < -0.4 is 20.5 Å². The largest absolute Gasteiger partial charge is 0.497 e. The third kappa shape index (κ3) is 4.46. The van der Waals surface area contributed by atoms with Crippen LogP contribution >= 0.6 is 11.3 Å². The summed E-state index contributed by atoms with van der Waals surface area (Å²) in [7, 11) is 3.27. The minimum absolute atomic E-state index is 0.183. The fraction of sp³-hybridized carbons (Fsp3) is 0.167. The Bertz CT molecular complexity index is 1220. The minimum atomic E-state index is -0.183. The summed E-state index contributed by atoms with van der Waals surface area (Å²) in [5, 5.41) is 3.74. The molecule has 7 heteroatoms. The van der Waals surface area contributed by atoms with E-state index in [2.05, 4.69) is 5.32 Å². The van der Waals surface area contributed by atoms with Gasteiger partial charge in [-0.3, -0.25) is 4.79 Å². The van der Waals surface area contributed by atoms with Crippen molar-refractivity contribution in [1.82, 2.24) is 10.3 Å². The smallest absolute Gasteiger partial charge is 0.263 e. The van der Waals surface area contributed by atoms with Crippen LogP contribution in [0, 0.1) is 0 Å². The van der Waals surface area contributed by atoms with Crippen LogP contribution in [-0.4, -0.2) is 31.7 Å². The maximum absolute atomic E-state index is 12.7. The predicted molar refractivity (Wildman–Crippen MR) is 125 cm³/mol. The van der Waals surface area contributed by atoms with Gasteiger partial charge in [0, 0.05) is 17.5 Å². The van der Waals surface area contributed by atoms with Crippen LogP contribution in [0.2, 0.25) is 0 Å². The molecule has 158 valence electrons. The number of nitrogens with zero attached hydrogens (tertiary/aromatic N) is 1. The lowest BCUT2D eigenvalue weighted by molar-refractivity contribution is 0.0959. The average Bonchev–Trinajstić information content (AvgIpc) is 3.15. The molecule has 0 aliphatic heterocycles. The van der Waals surface area contributed by atoms with Gasteiger partial charge in [0.15, 0.2) is 0 Å². The van der Waals surface area contributed by atoms with Crippen molar-refractivity contribution in [2.24, 2.45) is 0 Å². The monoisotopic (exact) mass is 433 g/mol. The van der Waals surface area contributed by atoms with E-state index in [1.807, 2.05) is 60.7 Å². The molecular weight excluding hydrogens is 410 g/mol. The fourth-order valence-electron chi connectivity index (χ4n) is 3.30. The first kappa shape index (κ1) is 20.7. The molecule has 2 aromatic heterocycles. The second-order valence-corrected chi connectivity index (χ2v) is 7.98. The number of amides is 1. The molecule has 2 heterocycles. The van der Waals surface area contributed by atoms with Gasteiger partial charge in [-0.25, -0.2) is 4.98 Å². The molecule has 0 radical (unpaired) electrons. The number of benzene rings is 2. The SMILES string of the molecule is COc1ccc(CCNC(=O)c2sc3nc(-c4cccc(OC)c4)ccc3c2N)cc1. The number of carbonyl (C=O) groups is 1. The highest BCUT2D eigenvalue weighted by atomic mass is 32.1. The third-order valence-corrected chi connectivity index (χ3v) is 6.14. The number of anilines is 1. The Kier molecular flexibility index (Phi) is 6.04. The number of nitrogens with one attached hydrogen (secondary N) is 1. The Morgan fingerprint density at radius 2 is 1.81 bits per heavy atom. The van der Waals surface area contributed by atoms with Gasteiger partial charge >= 0.3 is 0 Å². The van der Waals surface area contributed by atoms with Crippen molar-refractivity contribution in [3.8, 4) is 22.8 Å². The van der Waals surface area contributed by atoms with Crippen LogP contribution in [0.1, 0.15) is 15.2 Å².